The van der Waals surface area contributed by atoms with Crippen molar-refractivity contribution in [2.24, 2.45) is 5.16 Å². The van der Waals surface area contributed by atoms with Crippen molar-refractivity contribution < 1.29 is 23.4 Å². The van der Waals surface area contributed by atoms with Gasteiger partial charge in [0.25, 0.3) is 5.91 Å². The number of fused-ring (bicyclic) bond motifs is 1. The number of hydrogen-bond donors (Lipinski definition) is 1. The average molecular weight is 488 g/mol. The molecule has 0 spiro atoms. The SMILES string of the molecule is COc1ccc2c(c1)nc(S(=O)Cc1[nH]cc(C)c(=O)c1C)n2C(=O)O/N=C(\C)C(=O)N(C)C. The highest BCUT2D eigenvalue weighted by atomic mass is 32.2. The molecule has 0 aliphatic carbocycles. The predicted octanol–water partition coefficient (Wildman–Crippen LogP) is 2.11. The Labute approximate surface area is 197 Å². The van der Waals surface area contributed by atoms with E-state index in [1.165, 1.54) is 18.9 Å². The Balaban J connectivity index is 2.04. The van der Waals surface area contributed by atoms with Crippen LogP contribution in [0.2, 0.25) is 0 Å². The number of oxime groups is 1. The summed E-state index contributed by atoms with van der Waals surface area (Å²) in [6.07, 6.45) is 0.555. The third kappa shape index (κ3) is 4.91. The molecule has 11 nitrogen and oxygen atoms in total. The molecule has 0 saturated carbocycles. The van der Waals surface area contributed by atoms with E-state index in [-0.39, 0.29) is 22.0 Å². The van der Waals surface area contributed by atoms with Gasteiger partial charge in [0.05, 0.1) is 34.7 Å². The van der Waals surface area contributed by atoms with E-state index in [9.17, 15) is 18.6 Å². The van der Waals surface area contributed by atoms with Gasteiger partial charge in [0, 0.05) is 43.2 Å². The summed E-state index contributed by atoms with van der Waals surface area (Å²) in [6, 6.07) is 4.78. The number of imidazole rings is 1. The number of carbonyl (C=O) groups is 2. The monoisotopic (exact) mass is 487 g/mol. The summed E-state index contributed by atoms with van der Waals surface area (Å²) in [4.78, 5) is 50.8. The molecule has 12 heteroatoms. The van der Waals surface area contributed by atoms with Crippen molar-refractivity contribution in [3.8, 4) is 5.75 Å². The van der Waals surface area contributed by atoms with E-state index in [1.54, 1.807) is 52.3 Å². The van der Waals surface area contributed by atoms with Gasteiger partial charge < -0.3 is 14.6 Å². The Kier molecular flexibility index (Phi) is 7.30. The number of nitrogens with one attached hydrogen (secondary N) is 1. The number of rotatable bonds is 6. The summed E-state index contributed by atoms with van der Waals surface area (Å²) in [6.45, 7) is 4.72. The van der Waals surface area contributed by atoms with E-state index in [1.807, 2.05) is 0 Å². The fraction of sp³-hybridized carbons (Fsp3) is 0.318. The highest BCUT2D eigenvalue weighted by Gasteiger charge is 2.24. The van der Waals surface area contributed by atoms with Crippen LogP contribution in [0.15, 0.2) is 39.5 Å². The predicted molar refractivity (Wildman–Crippen MR) is 127 cm³/mol. The Morgan fingerprint density at radius 1 is 1.26 bits per heavy atom. The maximum absolute atomic E-state index is 13.3. The quantitative estimate of drug-likeness (QED) is 0.319. The third-order valence-electron chi connectivity index (χ3n) is 5.08. The molecule has 2 aromatic heterocycles. The molecule has 1 aromatic carbocycles. The van der Waals surface area contributed by atoms with Crippen molar-refractivity contribution in [2.45, 2.75) is 31.7 Å². The van der Waals surface area contributed by atoms with E-state index in [0.29, 0.717) is 33.6 Å². The highest BCUT2D eigenvalue weighted by molar-refractivity contribution is 7.84. The summed E-state index contributed by atoms with van der Waals surface area (Å²) >= 11 is 0. The minimum absolute atomic E-state index is 0.0417. The van der Waals surface area contributed by atoms with Crippen LogP contribution in [-0.4, -0.2) is 62.6 Å². The average Bonchev–Trinajstić information content (AvgIpc) is 3.20. The van der Waals surface area contributed by atoms with Crippen LogP contribution in [0, 0.1) is 13.8 Å². The van der Waals surface area contributed by atoms with Crippen molar-refractivity contribution in [1.82, 2.24) is 19.4 Å². The Morgan fingerprint density at radius 3 is 2.62 bits per heavy atom. The van der Waals surface area contributed by atoms with Gasteiger partial charge in [-0.05, 0) is 32.9 Å². The van der Waals surface area contributed by atoms with Gasteiger partial charge in [-0.25, -0.2) is 14.3 Å². The van der Waals surface area contributed by atoms with Gasteiger partial charge in [0.2, 0.25) is 5.16 Å². The van der Waals surface area contributed by atoms with Gasteiger partial charge in [0.15, 0.2) is 5.43 Å². The number of H-pyrrole nitrogens is 1. The number of aryl methyl sites for hydroxylation is 1. The minimum Gasteiger partial charge on any atom is -0.497 e. The van der Waals surface area contributed by atoms with Crippen molar-refractivity contribution in [3.63, 3.8) is 0 Å². The Bertz CT molecular complexity index is 1390. The molecule has 1 atom stereocenters. The third-order valence-corrected chi connectivity index (χ3v) is 6.32. The lowest BCUT2D eigenvalue weighted by molar-refractivity contribution is -0.121. The fourth-order valence-electron chi connectivity index (χ4n) is 3.15. The molecule has 1 N–H and O–H groups in total. The summed E-state index contributed by atoms with van der Waals surface area (Å²) in [5, 5.41) is 3.52. The number of hydrogen-bond acceptors (Lipinski definition) is 8. The molecule has 0 radical (unpaired) electrons. The van der Waals surface area contributed by atoms with Crippen LogP contribution in [-0.2, 0) is 26.2 Å². The fourth-order valence-corrected chi connectivity index (χ4v) is 4.42. The molecule has 2 heterocycles. The second kappa shape index (κ2) is 10.00. The molecule has 0 bridgehead atoms. The van der Waals surface area contributed by atoms with E-state index in [0.717, 1.165) is 4.57 Å². The largest absolute Gasteiger partial charge is 0.497 e. The van der Waals surface area contributed by atoms with Crippen LogP contribution < -0.4 is 10.2 Å². The molecule has 1 amide bonds. The first kappa shape index (κ1) is 24.8. The van der Waals surface area contributed by atoms with Crippen molar-refractivity contribution in [2.75, 3.05) is 21.2 Å². The zero-order valence-electron chi connectivity index (χ0n) is 19.7. The van der Waals surface area contributed by atoms with Gasteiger partial charge >= 0.3 is 6.09 Å². The van der Waals surface area contributed by atoms with Crippen LogP contribution >= 0.6 is 0 Å². The van der Waals surface area contributed by atoms with Crippen molar-refractivity contribution >= 4 is 39.5 Å². The van der Waals surface area contributed by atoms with Crippen LogP contribution in [0.3, 0.4) is 0 Å². The Morgan fingerprint density at radius 2 is 1.97 bits per heavy atom. The molecule has 3 rings (SSSR count). The lowest BCUT2D eigenvalue weighted by atomic mass is 10.2. The molecular formula is C22H25N5O6S. The second-order valence-electron chi connectivity index (χ2n) is 7.71. The van der Waals surface area contributed by atoms with Crippen molar-refractivity contribution in [3.05, 3.63) is 51.4 Å². The van der Waals surface area contributed by atoms with E-state index in [4.69, 9.17) is 9.57 Å². The van der Waals surface area contributed by atoms with Crippen LogP contribution in [0.4, 0.5) is 4.79 Å². The summed E-state index contributed by atoms with van der Waals surface area (Å²) in [5.41, 5.74) is 1.90. The van der Waals surface area contributed by atoms with Gasteiger partial charge in [-0.3, -0.25) is 18.6 Å². The molecule has 1 unspecified atom stereocenters. The molecular weight excluding hydrogens is 462 g/mol. The Hall–Kier alpha value is -3.80. The topological polar surface area (TPSA) is 136 Å². The zero-order chi connectivity index (χ0) is 25.2. The lowest BCUT2D eigenvalue weighted by Gasteiger charge is -2.10. The first-order valence-electron chi connectivity index (χ1n) is 10.1. The van der Waals surface area contributed by atoms with Gasteiger partial charge in [-0.15, -0.1) is 0 Å². The lowest BCUT2D eigenvalue weighted by Crippen LogP contribution is -2.28. The van der Waals surface area contributed by atoms with E-state index >= 15 is 0 Å². The number of nitrogens with zero attached hydrogens (tertiary/aromatic N) is 4. The maximum Gasteiger partial charge on any atom is 0.446 e. The molecule has 0 aliphatic rings. The molecule has 34 heavy (non-hydrogen) atoms. The molecule has 3 aromatic rings. The van der Waals surface area contributed by atoms with Gasteiger partial charge in [-0.1, -0.05) is 5.16 Å². The first-order chi connectivity index (χ1) is 16.0. The van der Waals surface area contributed by atoms with E-state index in [2.05, 4.69) is 15.1 Å². The first-order valence-corrected chi connectivity index (χ1v) is 11.5. The number of aromatic amines is 1. The highest BCUT2D eigenvalue weighted by Crippen LogP contribution is 2.25. The van der Waals surface area contributed by atoms with Gasteiger partial charge in [0.1, 0.15) is 11.5 Å². The number of aromatic nitrogens is 3. The number of pyridine rings is 1. The van der Waals surface area contributed by atoms with Crippen molar-refractivity contribution in [1.29, 1.82) is 0 Å². The normalized spacial score (nSPS) is 12.5. The summed E-state index contributed by atoms with van der Waals surface area (Å²) in [7, 11) is 2.72. The number of carbonyl (C=O) groups excluding carboxylic acids is 2. The molecule has 180 valence electrons. The minimum atomic E-state index is -1.85. The second-order valence-corrected chi connectivity index (χ2v) is 9.06. The molecule has 0 saturated heterocycles. The smallest absolute Gasteiger partial charge is 0.446 e. The number of benzene rings is 1. The summed E-state index contributed by atoms with van der Waals surface area (Å²) in [5.74, 6) is -0.0288. The van der Waals surface area contributed by atoms with Crippen LogP contribution in [0.5, 0.6) is 5.75 Å². The molecule has 0 fully saturated rings. The number of methoxy groups -OCH3 is 1. The standard InChI is InChI=1S/C22H25N5O6S/c1-12-10-23-17(13(2)19(12)28)11-34(31)21-24-16-9-15(32-6)7-8-18(16)27(21)22(30)33-25-14(3)20(29)26(4)5/h7-10H,11H2,1-6H3,(H,23,28)/b25-14+. The van der Waals surface area contributed by atoms with Crippen LogP contribution in [0.25, 0.3) is 11.0 Å². The van der Waals surface area contributed by atoms with Crippen LogP contribution in [0.1, 0.15) is 23.7 Å². The molecule has 0 aliphatic heterocycles. The summed E-state index contributed by atoms with van der Waals surface area (Å²) < 4.78 is 19.6. The maximum atomic E-state index is 13.3. The van der Waals surface area contributed by atoms with E-state index < -0.39 is 22.8 Å². The number of amides is 1. The number of ether oxygens (including phenoxy) is 1. The van der Waals surface area contributed by atoms with Gasteiger partial charge in [-0.2, -0.15) is 0 Å². The zero-order valence-corrected chi connectivity index (χ0v) is 20.5.